The molecule has 2 aromatic rings. The first kappa shape index (κ1) is 18.6. The van der Waals surface area contributed by atoms with Gasteiger partial charge in [0.05, 0.1) is 11.0 Å². The lowest BCUT2D eigenvalue weighted by molar-refractivity contribution is 0.102. The Hall–Kier alpha value is -2.22. The fourth-order valence-electron chi connectivity index (χ4n) is 2.80. The summed E-state index contributed by atoms with van der Waals surface area (Å²) in [5, 5.41) is 2.81. The zero-order chi connectivity index (χ0) is 18.6. The average molecular weight is 374 g/mol. The molecule has 1 aliphatic rings. The number of ether oxygens (including phenoxy) is 1. The molecule has 0 radical (unpaired) electrons. The number of hydrogen-bond donors (Lipinski definition) is 2. The summed E-state index contributed by atoms with van der Waals surface area (Å²) in [5.41, 5.74) is 1.92. The Morgan fingerprint density at radius 2 is 2.00 bits per heavy atom. The summed E-state index contributed by atoms with van der Waals surface area (Å²) < 4.78 is 32.9. The smallest absolute Gasteiger partial charge is 0.255 e. The second-order valence-electron chi connectivity index (χ2n) is 6.28. The number of nitrogens with one attached hydrogen (secondary N) is 2. The number of benzene rings is 2. The molecule has 6 nitrogen and oxygen atoms in total. The fraction of sp³-hybridized carbons (Fsp3) is 0.316. The van der Waals surface area contributed by atoms with E-state index in [4.69, 9.17) is 4.74 Å². The van der Waals surface area contributed by atoms with Crippen LogP contribution in [0.3, 0.4) is 0 Å². The largest absolute Gasteiger partial charge is 0.377 e. The zero-order valence-corrected chi connectivity index (χ0v) is 15.4. The molecule has 0 aromatic heterocycles. The molecule has 1 saturated heterocycles. The lowest BCUT2D eigenvalue weighted by atomic mass is 10.1. The monoisotopic (exact) mass is 374 g/mol. The van der Waals surface area contributed by atoms with Crippen LogP contribution >= 0.6 is 0 Å². The molecular formula is C19H22N2O4S. The van der Waals surface area contributed by atoms with Crippen molar-refractivity contribution in [2.45, 2.75) is 30.8 Å². The number of amides is 1. The molecule has 0 saturated carbocycles. The molecule has 1 fully saturated rings. The van der Waals surface area contributed by atoms with Gasteiger partial charge in [0, 0.05) is 24.4 Å². The highest BCUT2D eigenvalue weighted by atomic mass is 32.2. The second kappa shape index (κ2) is 7.99. The van der Waals surface area contributed by atoms with E-state index in [0.29, 0.717) is 12.3 Å². The van der Waals surface area contributed by atoms with Crippen LogP contribution in [-0.2, 0) is 14.8 Å². The van der Waals surface area contributed by atoms with Gasteiger partial charge in [0.15, 0.2) is 0 Å². The van der Waals surface area contributed by atoms with Crippen LogP contribution in [-0.4, -0.2) is 33.6 Å². The summed E-state index contributed by atoms with van der Waals surface area (Å²) in [6, 6.07) is 13.4. The predicted molar refractivity (Wildman–Crippen MR) is 99.7 cm³/mol. The number of carbonyl (C=O) groups is 1. The van der Waals surface area contributed by atoms with E-state index >= 15 is 0 Å². The minimum atomic E-state index is -3.69. The molecule has 2 N–H and O–H groups in total. The van der Waals surface area contributed by atoms with Crippen molar-refractivity contribution in [2.75, 3.05) is 18.5 Å². The summed E-state index contributed by atoms with van der Waals surface area (Å²) in [4.78, 5) is 12.5. The molecule has 0 aliphatic carbocycles. The first-order chi connectivity index (χ1) is 12.5. The van der Waals surface area contributed by atoms with E-state index in [9.17, 15) is 13.2 Å². The quantitative estimate of drug-likeness (QED) is 0.814. The van der Waals surface area contributed by atoms with Crippen LogP contribution in [0.2, 0.25) is 0 Å². The zero-order valence-electron chi connectivity index (χ0n) is 14.6. The third-order valence-corrected chi connectivity index (χ3v) is 5.75. The predicted octanol–water partition coefficient (Wildman–Crippen LogP) is 2.70. The van der Waals surface area contributed by atoms with Crippen molar-refractivity contribution in [3.05, 3.63) is 59.7 Å². The molecule has 1 unspecified atom stereocenters. The van der Waals surface area contributed by atoms with Crippen molar-refractivity contribution < 1.29 is 17.9 Å². The molecule has 1 atom stereocenters. The molecular weight excluding hydrogens is 352 g/mol. The summed E-state index contributed by atoms with van der Waals surface area (Å²) in [6.45, 7) is 2.80. The van der Waals surface area contributed by atoms with Crippen LogP contribution in [0.15, 0.2) is 53.4 Å². The van der Waals surface area contributed by atoms with Crippen molar-refractivity contribution in [2.24, 2.45) is 0 Å². The van der Waals surface area contributed by atoms with E-state index in [1.54, 1.807) is 18.2 Å². The van der Waals surface area contributed by atoms with Crippen LogP contribution in [0.4, 0.5) is 5.69 Å². The van der Waals surface area contributed by atoms with Gasteiger partial charge in [-0.2, -0.15) is 0 Å². The van der Waals surface area contributed by atoms with E-state index in [0.717, 1.165) is 18.4 Å². The standard InChI is InChI=1S/C19H22N2O4S/c1-14-6-2-3-10-18(14)21-19(22)15-7-4-9-17(12-15)26(23,24)20-13-16-8-5-11-25-16/h2-4,6-7,9-10,12,16,20H,5,8,11,13H2,1H3,(H,21,22). The van der Waals surface area contributed by atoms with Gasteiger partial charge in [-0.15, -0.1) is 0 Å². The van der Waals surface area contributed by atoms with Gasteiger partial charge in [0.1, 0.15) is 0 Å². The van der Waals surface area contributed by atoms with Crippen molar-refractivity contribution in [1.82, 2.24) is 4.72 Å². The highest BCUT2D eigenvalue weighted by Crippen LogP contribution is 2.17. The summed E-state index contributed by atoms with van der Waals surface area (Å²) in [7, 11) is -3.69. The van der Waals surface area contributed by atoms with Gasteiger partial charge in [0.2, 0.25) is 10.0 Å². The summed E-state index contributed by atoms with van der Waals surface area (Å²) in [6.07, 6.45) is 1.71. The number of hydrogen-bond acceptors (Lipinski definition) is 4. The Kier molecular flexibility index (Phi) is 5.70. The van der Waals surface area contributed by atoms with E-state index in [1.807, 2.05) is 25.1 Å². The molecule has 1 amide bonds. The molecule has 0 bridgehead atoms. The van der Waals surface area contributed by atoms with Crippen LogP contribution in [0.5, 0.6) is 0 Å². The number of aryl methyl sites for hydroxylation is 1. The van der Waals surface area contributed by atoms with Gasteiger partial charge in [-0.1, -0.05) is 24.3 Å². The molecule has 3 rings (SSSR count). The Bertz CT molecular complexity index is 890. The third kappa shape index (κ3) is 4.49. The Labute approximate surface area is 153 Å². The van der Waals surface area contributed by atoms with Crippen LogP contribution in [0.25, 0.3) is 0 Å². The molecule has 0 spiro atoms. The van der Waals surface area contributed by atoms with E-state index in [-0.39, 0.29) is 29.0 Å². The summed E-state index contributed by atoms with van der Waals surface area (Å²) >= 11 is 0. The fourth-order valence-corrected chi connectivity index (χ4v) is 3.92. The SMILES string of the molecule is Cc1ccccc1NC(=O)c1cccc(S(=O)(=O)NCC2CCCO2)c1. The van der Waals surface area contributed by atoms with Crippen molar-refractivity contribution in [3.63, 3.8) is 0 Å². The highest BCUT2D eigenvalue weighted by molar-refractivity contribution is 7.89. The number of carbonyl (C=O) groups excluding carboxylic acids is 1. The number of anilines is 1. The van der Waals surface area contributed by atoms with E-state index in [1.165, 1.54) is 12.1 Å². The lowest BCUT2D eigenvalue weighted by Crippen LogP contribution is -2.32. The van der Waals surface area contributed by atoms with Gasteiger partial charge in [-0.25, -0.2) is 13.1 Å². The van der Waals surface area contributed by atoms with Crippen molar-refractivity contribution in [3.8, 4) is 0 Å². The Morgan fingerprint density at radius 3 is 2.73 bits per heavy atom. The normalized spacial score (nSPS) is 17.2. The molecule has 138 valence electrons. The average Bonchev–Trinajstić information content (AvgIpc) is 3.16. The van der Waals surface area contributed by atoms with Gasteiger partial charge in [0.25, 0.3) is 5.91 Å². The lowest BCUT2D eigenvalue weighted by Gasteiger charge is -2.12. The summed E-state index contributed by atoms with van der Waals surface area (Å²) in [5.74, 6) is -0.351. The van der Waals surface area contributed by atoms with Crippen LogP contribution in [0.1, 0.15) is 28.8 Å². The van der Waals surface area contributed by atoms with Gasteiger partial charge < -0.3 is 10.1 Å². The second-order valence-corrected chi connectivity index (χ2v) is 8.05. The maximum Gasteiger partial charge on any atom is 0.255 e. The topological polar surface area (TPSA) is 84.5 Å². The Morgan fingerprint density at radius 1 is 1.19 bits per heavy atom. The highest BCUT2D eigenvalue weighted by Gasteiger charge is 2.21. The van der Waals surface area contributed by atoms with Crippen LogP contribution in [0, 0.1) is 6.92 Å². The van der Waals surface area contributed by atoms with Gasteiger partial charge in [-0.05, 0) is 49.6 Å². The number of sulfonamides is 1. The first-order valence-electron chi connectivity index (χ1n) is 8.54. The van der Waals surface area contributed by atoms with Gasteiger partial charge >= 0.3 is 0 Å². The first-order valence-corrected chi connectivity index (χ1v) is 10.0. The van der Waals surface area contributed by atoms with Gasteiger partial charge in [-0.3, -0.25) is 4.79 Å². The molecule has 26 heavy (non-hydrogen) atoms. The number of para-hydroxylation sites is 1. The molecule has 2 aromatic carbocycles. The molecule has 1 heterocycles. The van der Waals surface area contributed by atoms with Crippen molar-refractivity contribution >= 4 is 21.6 Å². The maximum atomic E-state index is 12.5. The molecule has 7 heteroatoms. The minimum Gasteiger partial charge on any atom is -0.377 e. The molecule has 1 aliphatic heterocycles. The van der Waals surface area contributed by atoms with Crippen LogP contribution < -0.4 is 10.0 Å². The van der Waals surface area contributed by atoms with Crippen molar-refractivity contribution in [1.29, 1.82) is 0 Å². The Balaban J connectivity index is 1.72. The number of rotatable bonds is 6. The van der Waals surface area contributed by atoms with E-state index in [2.05, 4.69) is 10.0 Å². The maximum absolute atomic E-state index is 12.5. The third-order valence-electron chi connectivity index (χ3n) is 4.32. The van der Waals surface area contributed by atoms with E-state index < -0.39 is 10.0 Å². The minimum absolute atomic E-state index is 0.0629.